The summed E-state index contributed by atoms with van der Waals surface area (Å²) in [6, 6.07) is 12.5. The summed E-state index contributed by atoms with van der Waals surface area (Å²) in [5.74, 6) is 7.78. The molecule has 3 rings (SSSR count). The van der Waals surface area contributed by atoms with Gasteiger partial charge in [0.05, 0.1) is 12.9 Å². The average Bonchev–Trinajstić information content (AvgIpc) is 3.07. The number of thioether (sulfide) groups is 1. The number of methoxy groups -OCH3 is 1. The van der Waals surface area contributed by atoms with Gasteiger partial charge < -0.3 is 20.6 Å². The minimum absolute atomic E-state index is 0.126. The number of aryl methyl sites for hydroxylation is 1. The number of nitrogen functional groups attached to an aromatic ring is 1. The van der Waals surface area contributed by atoms with Gasteiger partial charge in [-0.2, -0.15) is 0 Å². The quantitative estimate of drug-likeness (QED) is 0.415. The second-order valence-electron chi connectivity index (χ2n) is 6.03. The Morgan fingerprint density at radius 3 is 2.66 bits per heavy atom. The third-order valence-electron chi connectivity index (χ3n) is 3.97. The van der Waals surface area contributed by atoms with Gasteiger partial charge in [0, 0.05) is 10.7 Å². The first-order chi connectivity index (χ1) is 14.0. The van der Waals surface area contributed by atoms with E-state index >= 15 is 0 Å². The molecular formula is C19H20ClN5O3S. The first-order valence-electron chi connectivity index (χ1n) is 8.61. The highest BCUT2D eigenvalue weighted by molar-refractivity contribution is 7.99. The Kier molecular flexibility index (Phi) is 6.84. The fourth-order valence-electron chi connectivity index (χ4n) is 2.37. The molecule has 0 aliphatic rings. The number of benzene rings is 2. The van der Waals surface area contributed by atoms with Gasteiger partial charge in [0.15, 0.2) is 5.82 Å². The summed E-state index contributed by atoms with van der Waals surface area (Å²) in [4.78, 5) is 12.2. The summed E-state index contributed by atoms with van der Waals surface area (Å²) >= 11 is 7.15. The lowest BCUT2D eigenvalue weighted by Crippen LogP contribution is -2.18. The number of carbonyl (C=O) groups is 1. The van der Waals surface area contributed by atoms with E-state index in [1.54, 1.807) is 43.5 Å². The van der Waals surface area contributed by atoms with E-state index in [4.69, 9.17) is 26.9 Å². The summed E-state index contributed by atoms with van der Waals surface area (Å²) in [5.41, 5.74) is 1.60. The van der Waals surface area contributed by atoms with E-state index in [2.05, 4.69) is 15.5 Å². The van der Waals surface area contributed by atoms with Crippen LogP contribution in [-0.2, 0) is 11.4 Å². The molecule has 0 fully saturated rings. The maximum absolute atomic E-state index is 12.2. The Bertz CT molecular complexity index is 994. The number of rotatable bonds is 8. The summed E-state index contributed by atoms with van der Waals surface area (Å²) in [6.07, 6.45) is 0. The third-order valence-corrected chi connectivity index (χ3v) is 5.15. The minimum atomic E-state index is -0.195. The van der Waals surface area contributed by atoms with Crippen LogP contribution in [0.2, 0.25) is 5.02 Å². The lowest BCUT2D eigenvalue weighted by atomic mass is 10.2. The number of carbonyl (C=O) groups excluding carboxylic acids is 1. The number of nitrogens with two attached hydrogens (primary N) is 1. The molecule has 3 aromatic rings. The van der Waals surface area contributed by atoms with Crippen LogP contribution < -0.4 is 20.6 Å². The molecule has 0 radical (unpaired) electrons. The molecule has 3 N–H and O–H groups in total. The Hall–Kier alpha value is -2.91. The summed E-state index contributed by atoms with van der Waals surface area (Å²) in [5, 5.41) is 11.8. The number of hydrogen-bond acceptors (Lipinski definition) is 7. The number of nitrogens with zero attached hydrogens (tertiary/aromatic N) is 3. The van der Waals surface area contributed by atoms with Gasteiger partial charge in [-0.15, -0.1) is 10.2 Å². The molecule has 29 heavy (non-hydrogen) atoms. The molecule has 0 spiro atoms. The highest BCUT2D eigenvalue weighted by Crippen LogP contribution is 2.22. The lowest BCUT2D eigenvalue weighted by molar-refractivity contribution is -0.113. The smallest absolute Gasteiger partial charge is 0.234 e. The Balaban J connectivity index is 1.53. The van der Waals surface area contributed by atoms with Crippen molar-refractivity contribution >= 4 is 35.0 Å². The van der Waals surface area contributed by atoms with E-state index in [-0.39, 0.29) is 18.3 Å². The Morgan fingerprint density at radius 2 is 1.93 bits per heavy atom. The topological polar surface area (TPSA) is 104 Å². The minimum Gasteiger partial charge on any atom is -0.497 e. The molecule has 0 aliphatic heterocycles. The molecule has 2 aromatic carbocycles. The molecule has 0 atom stereocenters. The van der Waals surface area contributed by atoms with Crippen molar-refractivity contribution < 1.29 is 14.3 Å². The fraction of sp³-hybridized carbons (Fsp3) is 0.211. The predicted molar refractivity (Wildman–Crippen MR) is 113 cm³/mol. The van der Waals surface area contributed by atoms with Crippen LogP contribution in [0, 0.1) is 6.92 Å². The molecule has 8 nitrogen and oxygen atoms in total. The van der Waals surface area contributed by atoms with Crippen molar-refractivity contribution in [2.45, 2.75) is 18.7 Å². The van der Waals surface area contributed by atoms with Gasteiger partial charge in [0.25, 0.3) is 0 Å². The van der Waals surface area contributed by atoms with Crippen molar-refractivity contribution in [1.82, 2.24) is 14.9 Å². The van der Waals surface area contributed by atoms with Crippen molar-refractivity contribution in [3.05, 3.63) is 58.9 Å². The largest absolute Gasteiger partial charge is 0.497 e. The summed E-state index contributed by atoms with van der Waals surface area (Å²) in [7, 11) is 1.60. The van der Waals surface area contributed by atoms with Gasteiger partial charge >= 0.3 is 0 Å². The maximum Gasteiger partial charge on any atom is 0.234 e. The van der Waals surface area contributed by atoms with Crippen LogP contribution in [0.5, 0.6) is 11.5 Å². The zero-order chi connectivity index (χ0) is 20.8. The molecule has 1 amide bonds. The molecular weight excluding hydrogens is 414 g/mol. The highest BCUT2D eigenvalue weighted by Gasteiger charge is 2.13. The molecule has 1 aromatic heterocycles. The van der Waals surface area contributed by atoms with Crippen LogP contribution in [0.1, 0.15) is 11.4 Å². The van der Waals surface area contributed by atoms with E-state index in [0.717, 1.165) is 11.3 Å². The number of amides is 1. The van der Waals surface area contributed by atoms with Crippen LogP contribution in [0.25, 0.3) is 0 Å². The molecule has 1 heterocycles. The number of halogens is 1. The van der Waals surface area contributed by atoms with Crippen molar-refractivity contribution in [1.29, 1.82) is 0 Å². The summed E-state index contributed by atoms with van der Waals surface area (Å²) < 4.78 is 12.1. The molecule has 152 valence electrons. The number of anilines is 1. The van der Waals surface area contributed by atoms with E-state index in [1.165, 1.54) is 16.4 Å². The highest BCUT2D eigenvalue weighted by atomic mass is 35.5. The molecule has 0 saturated carbocycles. The van der Waals surface area contributed by atoms with E-state index < -0.39 is 0 Å². The van der Waals surface area contributed by atoms with Gasteiger partial charge in [0.1, 0.15) is 18.1 Å². The van der Waals surface area contributed by atoms with Crippen LogP contribution in [0.3, 0.4) is 0 Å². The molecule has 0 unspecified atom stereocenters. The SMILES string of the molecule is COc1ccc(OCc2nnc(SCC(=O)Nc3cc(Cl)ccc3C)n2N)cc1. The van der Waals surface area contributed by atoms with Crippen LogP contribution in [-0.4, -0.2) is 33.6 Å². The van der Waals surface area contributed by atoms with Gasteiger partial charge in [-0.25, -0.2) is 4.68 Å². The molecule has 0 saturated heterocycles. The maximum atomic E-state index is 12.2. The number of aromatic nitrogens is 3. The van der Waals surface area contributed by atoms with Crippen LogP contribution in [0.4, 0.5) is 5.69 Å². The number of nitrogens with one attached hydrogen (secondary N) is 1. The standard InChI is InChI=1S/C19H20ClN5O3S/c1-12-3-4-13(20)9-16(12)22-18(26)11-29-19-24-23-17(25(19)21)10-28-15-7-5-14(27-2)6-8-15/h3-9H,10-11,21H2,1-2H3,(H,22,26). The number of hydrogen-bond donors (Lipinski definition) is 2. The lowest BCUT2D eigenvalue weighted by Gasteiger charge is -2.09. The van der Waals surface area contributed by atoms with Gasteiger partial charge in [-0.05, 0) is 48.9 Å². The van der Waals surface area contributed by atoms with E-state index in [9.17, 15) is 4.79 Å². The van der Waals surface area contributed by atoms with Gasteiger partial charge in [-0.3, -0.25) is 4.79 Å². The fourth-order valence-corrected chi connectivity index (χ4v) is 3.22. The second-order valence-corrected chi connectivity index (χ2v) is 7.41. The molecule has 10 heteroatoms. The van der Waals surface area contributed by atoms with Crippen molar-refractivity contribution in [2.24, 2.45) is 0 Å². The van der Waals surface area contributed by atoms with Crippen LogP contribution >= 0.6 is 23.4 Å². The van der Waals surface area contributed by atoms with Crippen molar-refractivity contribution in [2.75, 3.05) is 24.0 Å². The van der Waals surface area contributed by atoms with Crippen molar-refractivity contribution in [3.63, 3.8) is 0 Å². The monoisotopic (exact) mass is 433 g/mol. The van der Waals surface area contributed by atoms with Gasteiger partial charge in [0.2, 0.25) is 11.1 Å². The third kappa shape index (κ3) is 5.55. The van der Waals surface area contributed by atoms with Gasteiger partial charge in [-0.1, -0.05) is 29.4 Å². The zero-order valence-corrected chi connectivity index (χ0v) is 17.5. The normalized spacial score (nSPS) is 10.6. The number of ether oxygens (including phenoxy) is 2. The second kappa shape index (κ2) is 9.53. The van der Waals surface area contributed by atoms with E-state index in [0.29, 0.717) is 27.4 Å². The van der Waals surface area contributed by atoms with E-state index in [1.807, 2.05) is 13.0 Å². The Morgan fingerprint density at radius 1 is 1.21 bits per heavy atom. The first-order valence-corrected chi connectivity index (χ1v) is 9.97. The van der Waals surface area contributed by atoms with Crippen molar-refractivity contribution in [3.8, 4) is 11.5 Å². The average molecular weight is 434 g/mol. The predicted octanol–water partition coefficient (Wildman–Crippen LogP) is 3.27. The first kappa shape index (κ1) is 20.8. The zero-order valence-electron chi connectivity index (χ0n) is 15.9. The summed E-state index contributed by atoms with van der Waals surface area (Å²) in [6.45, 7) is 2.04. The van der Waals surface area contributed by atoms with Crippen LogP contribution in [0.15, 0.2) is 47.6 Å². The molecule has 0 bridgehead atoms. The molecule has 0 aliphatic carbocycles. The Labute approximate surface area is 177 Å².